The summed E-state index contributed by atoms with van der Waals surface area (Å²) in [6, 6.07) is 0. The maximum atomic E-state index is 6.58. The summed E-state index contributed by atoms with van der Waals surface area (Å²) >= 11 is 1.55. The first-order valence-electron chi connectivity index (χ1n) is 8.51. The summed E-state index contributed by atoms with van der Waals surface area (Å²) < 4.78 is 8.17. The predicted octanol–water partition coefficient (Wildman–Crippen LogP) is 5.25. The molecule has 3 radical (unpaired) electrons. The van der Waals surface area contributed by atoms with Gasteiger partial charge in [-0.25, -0.2) is 0 Å². The van der Waals surface area contributed by atoms with Gasteiger partial charge in [0.2, 0.25) is 0 Å². The SMILES string of the molecule is CCCCOC1(CC2=[C]([Sn])CC=C2)CC=CC=C1C(C)(C)C. The molecule has 22 heavy (non-hydrogen) atoms. The molecule has 0 aliphatic heterocycles. The maximum absolute atomic E-state index is 6.58. The number of ether oxygens (including phenoxy) is 1. The Hall–Kier alpha value is -0.281. The minimum atomic E-state index is -0.145. The van der Waals surface area contributed by atoms with E-state index in [1.165, 1.54) is 17.6 Å². The van der Waals surface area contributed by atoms with Crippen LogP contribution in [0.2, 0.25) is 0 Å². The molecule has 119 valence electrons. The van der Waals surface area contributed by atoms with Gasteiger partial charge in [-0.3, -0.25) is 0 Å². The number of hydrogen-bond acceptors (Lipinski definition) is 1. The van der Waals surface area contributed by atoms with Crippen molar-refractivity contribution in [2.75, 3.05) is 6.61 Å². The van der Waals surface area contributed by atoms with Crippen molar-refractivity contribution in [1.29, 1.82) is 0 Å². The Balaban J connectivity index is 2.32. The molecule has 1 unspecified atom stereocenters. The molecule has 0 spiro atoms. The molecule has 0 bridgehead atoms. The Kier molecular flexibility index (Phi) is 6.18. The molecular formula is C20H29OSn. The Bertz CT molecular complexity index is 516. The zero-order chi connectivity index (χ0) is 16.2. The third-order valence-electron chi connectivity index (χ3n) is 4.53. The first-order valence-corrected chi connectivity index (χ1v) is 9.94. The van der Waals surface area contributed by atoms with Crippen LogP contribution in [0.4, 0.5) is 0 Å². The van der Waals surface area contributed by atoms with E-state index in [0.29, 0.717) is 0 Å². The van der Waals surface area contributed by atoms with E-state index in [0.717, 1.165) is 32.3 Å². The van der Waals surface area contributed by atoms with E-state index in [9.17, 15) is 0 Å². The van der Waals surface area contributed by atoms with Gasteiger partial charge < -0.3 is 0 Å². The second-order valence-electron chi connectivity index (χ2n) is 7.45. The third kappa shape index (κ3) is 4.17. The molecule has 2 aliphatic carbocycles. The Morgan fingerprint density at radius 2 is 2.05 bits per heavy atom. The predicted molar refractivity (Wildman–Crippen MR) is 96.0 cm³/mol. The van der Waals surface area contributed by atoms with Crippen LogP contribution in [0, 0.1) is 5.41 Å². The zero-order valence-corrected chi connectivity index (χ0v) is 17.4. The van der Waals surface area contributed by atoms with Crippen molar-refractivity contribution >= 4 is 22.5 Å². The van der Waals surface area contributed by atoms with Crippen molar-refractivity contribution in [2.24, 2.45) is 5.41 Å². The van der Waals surface area contributed by atoms with E-state index in [1.807, 2.05) is 0 Å². The van der Waals surface area contributed by atoms with Gasteiger partial charge in [0, 0.05) is 0 Å². The van der Waals surface area contributed by atoms with Crippen LogP contribution in [0.25, 0.3) is 0 Å². The molecule has 0 amide bonds. The summed E-state index contributed by atoms with van der Waals surface area (Å²) in [5.41, 5.74) is 2.96. The molecule has 0 aromatic rings. The van der Waals surface area contributed by atoms with Gasteiger partial charge in [-0.05, 0) is 0 Å². The van der Waals surface area contributed by atoms with Crippen molar-refractivity contribution in [2.45, 2.75) is 65.4 Å². The molecule has 0 fully saturated rings. The molecule has 1 atom stereocenters. The Morgan fingerprint density at radius 3 is 2.64 bits per heavy atom. The van der Waals surface area contributed by atoms with Gasteiger partial charge in [-0.1, -0.05) is 0 Å². The van der Waals surface area contributed by atoms with Crippen molar-refractivity contribution < 1.29 is 4.74 Å². The van der Waals surface area contributed by atoms with Gasteiger partial charge in [0.15, 0.2) is 0 Å². The molecule has 0 saturated heterocycles. The first kappa shape index (κ1) is 18.1. The van der Waals surface area contributed by atoms with Crippen molar-refractivity contribution in [3.05, 3.63) is 45.1 Å². The van der Waals surface area contributed by atoms with E-state index in [1.54, 1.807) is 26.1 Å². The monoisotopic (exact) mass is 405 g/mol. The van der Waals surface area contributed by atoms with Crippen LogP contribution in [0.1, 0.15) is 59.8 Å². The van der Waals surface area contributed by atoms with Crippen LogP contribution in [0.15, 0.2) is 45.1 Å². The first-order chi connectivity index (χ1) is 10.4. The molecule has 1 nitrogen and oxygen atoms in total. The minimum absolute atomic E-state index is 0.140. The molecule has 0 saturated carbocycles. The van der Waals surface area contributed by atoms with E-state index < -0.39 is 0 Å². The van der Waals surface area contributed by atoms with Crippen molar-refractivity contribution in [3.63, 3.8) is 0 Å². The molecule has 0 heterocycles. The summed E-state index contributed by atoms with van der Waals surface area (Å²) in [6.07, 6.45) is 16.9. The van der Waals surface area contributed by atoms with Gasteiger partial charge in [0.05, 0.1) is 0 Å². The van der Waals surface area contributed by atoms with Crippen LogP contribution in [-0.2, 0) is 4.74 Å². The zero-order valence-electron chi connectivity index (χ0n) is 14.5. The van der Waals surface area contributed by atoms with Crippen LogP contribution in [-0.4, -0.2) is 34.7 Å². The number of rotatable bonds is 6. The van der Waals surface area contributed by atoms with Crippen LogP contribution >= 0.6 is 0 Å². The molecule has 2 aliphatic rings. The van der Waals surface area contributed by atoms with E-state index in [4.69, 9.17) is 4.74 Å². The molecule has 0 aromatic carbocycles. The number of hydrogen-bond donors (Lipinski definition) is 0. The third-order valence-corrected chi connectivity index (χ3v) is 6.03. The molecule has 2 rings (SSSR count). The topological polar surface area (TPSA) is 9.23 Å². The fourth-order valence-corrected chi connectivity index (χ4v) is 4.24. The van der Waals surface area contributed by atoms with Crippen LogP contribution < -0.4 is 0 Å². The summed E-state index contributed by atoms with van der Waals surface area (Å²) in [6.45, 7) is 10.0. The normalized spacial score (nSPS) is 25.0. The molecular weight excluding hydrogens is 375 g/mol. The molecule has 0 N–H and O–H groups in total. The van der Waals surface area contributed by atoms with Gasteiger partial charge in [0.1, 0.15) is 0 Å². The quantitative estimate of drug-likeness (QED) is 0.434. The van der Waals surface area contributed by atoms with Crippen molar-refractivity contribution in [1.82, 2.24) is 0 Å². The summed E-state index contributed by atoms with van der Waals surface area (Å²) in [5.74, 6) is 0. The van der Waals surface area contributed by atoms with Crippen molar-refractivity contribution in [3.8, 4) is 0 Å². The van der Waals surface area contributed by atoms with Gasteiger partial charge in [-0.15, -0.1) is 0 Å². The second-order valence-corrected chi connectivity index (χ2v) is 9.17. The summed E-state index contributed by atoms with van der Waals surface area (Å²) in [7, 11) is 0. The standard InChI is InChI=1S/C20H29O.Sn/c1-5-6-15-21-20(16-17-11-7-8-12-17)14-10-9-13-18(20)19(2,3)4;/h7,9-11,13H,5-6,8,14-16H2,1-4H3;. The second kappa shape index (κ2) is 7.53. The Morgan fingerprint density at radius 1 is 1.27 bits per heavy atom. The van der Waals surface area contributed by atoms with E-state index >= 15 is 0 Å². The fourth-order valence-electron chi connectivity index (χ4n) is 3.41. The average Bonchev–Trinajstić information content (AvgIpc) is 2.84. The van der Waals surface area contributed by atoms with Gasteiger partial charge in [0.25, 0.3) is 0 Å². The van der Waals surface area contributed by atoms with Crippen LogP contribution in [0.3, 0.4) is 0 Å². The summed E-state index contributed by atoms with van der Waals surface area (Å²) in [5, 5.41) is 0. The van der Waals surface area contributed by atoms with E-state index in [-0.39, 0.29) is 11.0 Å². The van der Waals surface area contributed by atoms with E-state index in [2.05, 4.69) is 58.1 Å². The average molecular weight is 404 g/mol. The summed E-state index contributed by atoms with van der Waals surface area (Å²) in [4.78, 5) is 0. The molecule has 2 heteroatoms. The fraction of sp³-hybridized carbons (Fsp3) is 0.600. The molecule has 0 aromatic heterocycles. The Labute approximate surface area is 149 Å². The van der Waals surface area contributed by atoms with Crippen LogP contribution in [0.5, 0.6) is 0 Å². The number of unbranched alkanes of at least 4 members (excludes halogenated alkanes) is 1. The number of allylic oxidation sites excluding steroid dienone is 5. The van der Waals surface area contributed by atoms with Gasteiger partial charge in [-0.2, -0.15) is 0 Å². The van der Waals surface area contributed by atoms with Gasteiger partial charge >= 0.3 is 150 Å².